The fourth-order valence-corrected chi connectivity index (χ4v) is 10.8. The number of rotatable bonds is 18. The molecule has 1 aromatic rings. The van der Waals surface area contributed by atoms with Crippen molar-refractivity contribution in [3.8, 4) is 5.75 Å². The van der Waals surface area contributed by atoms with Crippen LogP contribution in [0.5, 0.6) is 5.75 Å². The molecule has 2 rings (SSSR count). The van der Waals surface area contributed by atoms with Gasteiger partial charge in [-0.2, -0.15) is 0 Å². The number of nitrogens with zero attached hydrogens (tertiary/aromatic N) is 3. The van der Waals surface area contributed by atoms with Gasteiger partial charge in [-0.25, -0.2) is 4.52 Å². The first-order chi connectivity index (χ1) is 21.8. The molecule has 0 amide bonds. The van der Waals surface area contributed by atoms with Crippen molar-refractivity contribution in [1.29, 1.82) is 0 Å². The highest BCUT2D eigenvalue weighted by molar-refractivity contribution is 7.75. The van der Waals surface area contributed by atoms with Gasteiger partial charge in [0, 0.05) is 0 Å². The van der Waals surface area contributed by atoms with E-state index in [-0.39, 0.29) is 0 Å². The number of hydrogen-bond acceptors (Lipinski definition) is 8. The Balaban J connectivity index is 3.15. The molecule has 0 aromatic heterocycles. The Bertz CT molecular complexity index is 1570. The Morgan fingerprint density at radius 2 is 1.04 bits per heavy atom. The molecule has 1 aliphatic rings. The first kappa shape index (κ1) is 36.8. The molecule has 11 heteroatoms. The van der Waals surface area contributed by atoms with E-state index < -0.39 is 23.4 Å². The molecule has 8 nitrogen and oxygen atoms in total. The van der Waals surface area contributed by atoms with Crippen LogP contribution in [-0.4, -0.2) is 0 Å². The lowest BCUT2D eigenvalue weighted by Crippen LogP contribution is -2.02. The molecule has 0 fully saturated rings. The van der Waals surface area contributed by atoms with E-state index in [2.05, 4.69) is 26.3 Å². The summed E-state index contributed by atoms with van der Waals surface area (Å²) < 4.78 is 47.6. The van der Waals surface area contributed by atoms with Gasteiger partial charge in [-0.1, -0.05) is 97.6 Å². The summed E-state index contributed by atoms with van der Waals surface area (Å²) in [5, 5.41) is 0. The summed E-state index contributed by atoms with van der Waals surface area (Å²) in [5.41, 5.74) is 0. The lowest BCUT2D eigenvalue weighted by molar-refractivity contribution is 0.356. The normalized spacial score (nSPS) is 19.9. The lowest BCUT2D eigenvalue weighted by Gasteiger charge is -2.25. The Morgan fingerprint density at radius 1 is 0.622 bits per heavy atom. The van der Waals surface area contributed by atoms with Gasteiger partial charge in [0.25, 0.3) is 0 Å². The van der Waals surface area contributed by atoms with Gasteiger partial charge in [-0.15, -0.1) is 0 Å². The zero-order valence-corrected chi connectivity index (χ0v) is 28.9. The van der Waals surface area contributed by atoms with Crippen molar-refractivity contribution in [1.82, 2.24) is 0 Å². The summed E-state index contributed by atoms with van der Waals surface area (Å²) in [7, 11) is -9.58. The second kappa shape index (κ2) is 19.8. The quantitative estimate of drug-likeness (QED) is 0.0886. The summed E-state index contributed by atoms with van der Waals surface area (Å²) in [5.74, 6) is 2.12. The minimum absolute atomic E-state index is 0.395. The van der Waals surface area contributed by atoms with Crippen molar-refractivity contribution < 1.29 is 22.6 Å². The molecule has 0 aliphatic carbocycles. The topological polar surface area (TPSA) is 83.2 Å². The smallest absolute Gasteiger partial charge is 0.411 e. The maximum absolute atomic E-state index is 6.59. The van der Waals surface area contributed by atoms with E-state index in [1.807, 2.05) is 70.2 Å². The predicted octanol–water partition coefficient (Wildman–Crippen LogP) is 13.1. The van der Waals surface area contributed by atoms with Crippen LogP contribution in [0, 0.1) is 0 Å². The monoisotopic (exact) mass is 664 g/mol. The first-order valence-electron chi connectivity index (χ1n) is 14.0. The van der Waals surface area contributed by atoms with E-state index in [4.69, 9.17) is 36.2 Å². The number of benzene rings is 1. The van der Waals surface area contributed by atoms with Crippen molar-refractivity contribution in [2.45, 2.75) is 27.7 Å². The van der Waals surface area contributed by atoms with E-state index >= 15 is 0 Å². The summed E-state index contributed by atoms with van der Waals surface area (Å²) in [4.78, 5) is 0. The molecular weight excluding hydrogens is 623 g/mol. The van der Waals surface area contributed by atoms with Crippen LogP contribution in [0.25, 0.3) is 0 Å². The molecule has 2 atom stereocenters. The van der Waals surface area contributed by atoms with Gasteiger partial charge in [-0.3, -0.25) is 0 Å². The average Bonchev–Trinajstić information content (AvgIpc) is 2.98. The molecule has 0 saturated heterocycles. The van der Waals surface area contributed by atoms with Gasteiger partial charge < -0.3 is 18.1 Å². The van der Waals surface area contributed by atoms with E-state index in [1.165, 1.54) is 0 Å². The highest BCUT2D eigenvalue weighted by atomic mass is 31.3. The molecule has 1 heterocycles. The molecular formula is C34H41N3O5P3+. The first-order valence-corrected chi connectivity index (χ1v) is 18.2. The third-order valence-corrected chi connectivity index (χ3v) is 11.9. The van der Waals surface area contributed by atoms with Gasteiger partial charge in [0.15, 0.2) is 5.76 Å². The zero-order chi connectivity index (χ0) is 33.0. The minimum atomic E-state index is -3.75. The van der Waals surface area contributed by atoms with Crippen LogP contribution in [0.2, 0.25) is 0 Å². The van der Waals surface area contributed by atoms with E-state index in [0.717, 1.165) is 0 Å². The van der Waals surface area contributed by atoms with Crippen molar-refractivity contribution in [2.24, 2.45) is 13.5 Å². The Hall–Kier alpha value is -4.34. The second-order valence-electron chi connectivity index (χ2n) is 8.49. The molecule has 0 saturated carbocycles. The van der Waals surface area contributed by atoms with Crippen molar-refractivity contribution in [3.63, 3.8) is 0 Å². The van der Waals surface area contributed by atoms with Gasteiger partial charge in [0.2, 0.25) is 0 Å². The van der Waals surface area contributed by atoms with E-state index in [1.54, 1.807) is 85.0 Å². The lowest BCUT2D eigenvalue weighted by atomic mass is 10.3. The number of allylic oxidation sites excluding steroid dienone is 16. The van der Waals surface area contributed by atoms with Crippen molar-refractivity contribution in [3.05, 3.63) is 177 Å². The van der Waals surface area contributed by atoms with Gasteiger partial charge in [0.1, 0.15) is 23.0 Å². The number of hydrogen-bond donors (Lipinski definition) is 0. The summed E-state index contributed by atoms with van der Waals surface area (Å²) in [6, 6.07) is 9.13. The fourth-order valence-electron chi connectivity index (χ4n) is 3.32. The second-order valence-corrected chi connectivity index (χ2v) is 14.0. The molecule has 1 aliphatic heterocycles. The van der Waals surface area contributed by atoms with Crippen molar-refractivity contribution >= 4 is 23.4 Å². The molecule has 0 bridgehead atoms. The van der Waals surface area contributed by atoms with Crippen molar-refractivity contribution in [2.75, 3.05) is 0 Å². The third kappa shape index (κ3) is 12.3. The fraction of sp³-hybridized carbons (Fsp3) is 0.118. The van der Waals surface area contributed by atoms with Crippen LogP contribution in [0.15, 0.2) is 190 Å². The maximum atomic E-state index is 6.59. The molecule has 0 spiro atoms. The molecule has 0 radical (unpaired) electrons. The van der Waals surface area contributed by atoms with Crippen LogP contribution < -0.4 is 4.52 Å². The largest absolute Gasteiger partial charge is 0.603 e. The summed E-state index contributed by atoms with van der Waals surface area (Å²) in [6.45, 7) is 22.8. The third-order valence-electron chi connectivity index (χ3n) is 4.88. The standard InChI is InChI=1S/C34H41N3O5P3/c1-9-20-30(21-10-2)38-43-35-44(39-31(22-11-3)23-12-4,40-32(24-13-5)25-14-6)37-45(36-43,41-33(26-15-7)27-16-8)42-34-28-18-17-19-29-34/h9-29H,1,3,5,7H2,2,4,6,8H3/q+1/b21-10-,23-12-,25-14-,27-16-,30-20+,31-22+,32-24+,33-26+. The van der Waals surface area contributed by atoms with Gasteiger partial charge in [-0.05, 0) is 88.4 Å². The van der Waals surface area contributed by atoms with Gasteiger partial charge in [0.05, 0.1) is 9.03 Å². The SMILES string of the molecule is C=C/C=C(\C=C/C)O[P+]1=NP(OC(/C=C\C)=C/C=C)(OC(/C=C\C)=C/C=C)=NP(OC(/C=C\C)=C/C=C)(Oc2ccccc2)=N1. The molecule has 0 N–H and O–H groups in total. The molecule has 45 heavy (non-hydrogen) atoms. The average molecular weight is 665 g/mol. The van der Waals surface area contributed by atoms with Gasteiger partial charge >= 0.3 is 23.4 Å². The molecule has 236 valence electrons. The maximum Gasteiger partial charge on any atom is 0.603 e. The summed E-state index contributed by atoms with van der Waals surface area (Å²) >= 11 is 0. The van der Waals surface area contributed by atoms with E-state index in [0.29, 0.717) is 28.8 Å². The highest BCUT2D eigenvalue weighted by Gasteiger charge is 2.49. The van der Waals surface area contributed by atoms with Crippen LogP contribution in [0.1, 0.15) is 27.7 Å². The van der Waals surface area contributed by atoms with Crippen LogP contribution in [0.3, 0.4) is 0 Å². The van der Waals surface area contributed by atoms with Crippen LogP contribution in [-0.2, 0) is 18.1 Å². The number of para-hydroxylation sites is 1. The van der Waals surface area contributed by atoms with Crippen LogP contribution in [0.4, 0.5) is 0 Å². The molecule has 2 unspecified atom stereocenters. The Labute approximate surface area is 269 Å². The minimum Gasteiger partial charge on any atom is -0.411 e. The summed E-state index contributed by atoms with van der Waals surface area (Å²) in [6.07, 6.45) is 27.5. The highest BCUT2D eigenvalue weighted by Crippen LogP contribution is 2.76. The zero-order valence-electron chi connectivity index (χ0n) is 26.2. The molecule has 1 aromatic carbocycles. The Morgan fingerprint density at radius 3 is 1.49 bits per heavy atom. The Kier molecular flexibility index (Phi) is 16.2. The predicted molar refractivity (Wildman–Crippen MR) is 192 cm³/mol. The van der Waals surface area contributed by atoms with Crippen LogP contribution >= 0.6 is 23.4 Å². The van der Waals surface area contributed by atoms with E-state index in [9.17, 15) is 0 Å².